The van der Waals surface area contributed by atoms with Gasteiger partial charge in [-0.1, -0.05) is 54.6 Å². The molecule has 4 aromatic rings. The lowest BCUT2D eigenvalue weighted by atomic mass is 9.97. The van der Waals surface area contributed by atoms with Gasteiger partial charge in [0.05, 0.1) is 0 Å². The summed E-state index contributed by atoms with van der Waals surface area (Å²) in [6.45, 7) is 0. The van der Waals surface area contributed by atoms with Crippen LogP contribution in [-0.2, 0) is 0 Å². The number of phenols is 1. The number of aromatic hydroxyl groups is 1. The van der Waals surface area contributed by atoms with E-state index in [-0.39, 0.29) is 0 Å². The first-order chi connectivity index (χ1) is 10.8. The van der Waals surface area contributed by atoms with Crippen molar-refractivity contribution >= 4 is 22.1 Å². The van der Waals surface area contributed by atoms with Crippen molar-refractivity contribution in [1.82, 2.24) is 0 Å². The van der Waals surface area contributed by atoms with Crippen LogP contribution in [0.5, 0.6) is 5.75 Å². The van der Waals surface area contributed by atoms with Gasteiger partial charge in [-0.3, -0.25) is 0 Å². The van der Waals surface area contributed by atoms with Crippen LogP contribution >= 0.6 is 11.3 Å². The number of phenolic OH excluding ortho intramolecular Hbond substituents is 1. The van der Waals surface area contributed by atoms with Crippen LogP contribution in [0.3, 0.4) is 0 Å². The van der Waals surface area contributed by atoms with Gasteiger partial charge in [0, 0.05) is 4.88 Å². The SMILES string of the molecule is Oc1cc(-c2ccc(-c3cccs3)cc2)c2ccccc2c1. The van der Waals surface area contributed by atoms with E-state index < -0.39 is 0 Å². The summed E-state index contributed by atoms with van der Waals surface area (Å²) >= 11 is 1.74. The third-order valence-electron chi connectivity index (χ3n) is 3.85. The molecule has 0 saturated heterocycles. The third-order valence-corrected chi connectivity index (χ3v) is 4.77. The number of rotatable bonds is 2. The van der Waals surface area contributed by atoms with Crippen LogP contribution in [-0.4, -0.2) is 5.11 Å². The normalized spacial score (nSPS) is 10.9. The average molecular weight is 302 g/mol. The molecule has 0 spiro atoms. The largest absolute Gasteiger partial charge is 0.508 e. The van der Waals surface area contributed by atoms with Crippen molar-refractivity contribution in [1.29, 1.82) is 0 Å². The summed E-state index contributed by atoms with van der Waals surface area (Å²) in [7, 11) is 0. The Balaban J connectivity index is 1.85. The molecule has 0 aliphatic carbocycles. The molecule has 0 radical (unpaired) electrons. The first-order valence-electron chi connectivity index (χ1n) is 7.17. The summed E-state index contributed by atoms with van der Waals surface area (Å²) < 4.78 is 0. The van der Waals surface area contributed by atoms with Gasteiger partial charge in [0.25, 0.3) is 0 Å². The van der Waals surface area contributed by atoms with E-state index in [4.69, 9.17) is 0 Å². The highest BCUT2D eigenvalue weighted by Crippen LogP contribution is 2.34. The smallest absolute Gasteiger partial charge is 0.116 e. The fourth-order valence-corrected chi connectivity index (χ4v) is 3.52. The maximum absolute atomic E-state index is 9.98. The molecule has 0 aliphatic heterocycles. The fraction of sp³-hybridized carbons (Fsp3) is 0. The Hall–Kier alpha value is -2.58. The highest BCUT2D eigenvalue weighted by molar-refractivity contribution is 7.13. The molecule has 0 fully saturated rings. The van der Waals surface area contributed by atoms with Crippen molar-refractivity contribution in [3.63, 3.8) is 0 Å². The van der Waals surface area contributed by atoms with E-state index in [0.717, 1.165) is 21.9 Å². The van der Waals surface area contributed by atoms with Crippen LogP contribution in [0.2, 0.25) is 0 Å². The Morgan fingerprint density at radius 3 is 2.27 bits per heavy atom. The summed E-state index contributed by atoms with van der Waals surface area (Å²) in [5.74, 6) is 0.302. The quantitative estimate of drug-likeness (QED) is 0.486. The molecule has 0 bridgehead atoms. The molecule has 3 aromatic carbocycles. The molecule has 22 heavy (non-hydrogen) atoms. The van der Waals surface area contributed by atoms with Crippen LogP contribution in [0.25, 0.3) is 32.3 Å². The predicted molar refractivity (Wildman–Crippen MR) is 94.4 cm³/mol. The Kier molecular flexibility index (Phi) is 3.17. The van der Waals surface area contributed by atoms with E-state index in [0.29, 0.717) is 5.75 Å². The molecule has 0 saturated carbocycles. The summed E-state index contributed by atoms with van der Waals surface area (Å²) in [5, 5.41) is 14.3. The summed E-state index contributed by atoms with van der Waals surface area (Å²) in [6, 6.07) is 24.5. The Bertz CT molecular complexity index is 922. The molecule has 1 heterocycles. The molecule has 4 rings (SSSR count). The Labute approximate surface area is 133 Å². The van der Waals surface area contributed by atoms with E-state index >= 15 is 0 Å². The van der Waals surface area contributed by atoms with E-state index in [2.05, 4.69) is 47.8 Å². The number of hydrogen-bond donors (Lipinski definition) is 1. The third kappa shape index (κ3) is 2.28. The van der Waals surface area contributed by atoms with Crippen molar-refractivity contribution in [2.24, 2.45) is 0 Å². The summed E-state index contributed by atoms with van der Waals surface area (Å²) in [6.07, 6.45) is 0. The minimum Gasteiger partial charge on any atom is -0.508 e. The highest BCUT2D eigenvalue weighted by Gasteiger charge is 2.07. The van der Waals surface area contributed by atoms with Crippen molar-refractivity contribution in [3.8, 4) is 27.3 Å². The fourth-order valence-electron chi connectivity index (χ4n) is 2.79. The van der Waals surface area contributed by atoms with Gasteiger partial charge in [-0.2, -0.15) is 0 Å². The molecule has 0 amide bonds. The number of thiophene rings is 1. The van der Waals surface area contributed by atoms with Gasteiger partial charge in [-0.25, -0.2) is 0 Å². The summed E-state index contributed by atoms with van der Waals surface area (Å²) in [4.78, 5) is 1.27. The predicted octanol–water partition coefficient (Wildman–Crippen LogP) is 5.94. The van der Waals surface area contributed by atoms with Gasteiger partial charge >= 0.3 is 0 Å². The average Bonchev–Trinajstić information content (AvgIpc) is 3.09. The second kappa shape index (κ2) is 5.32. The molecule has 106 valence electrons. The first-order valence-corrected chi connectivity index (χ1v) is 8.05. The molecule has 0 aliphatic rings. The molecular weight excluding hydrogens is 288 g/mol. The van der Waals surface area contributed by atoms with Gasteiger partial charge in [0.2, 0.25) is 0 Å². The van der Waals surface area contributed by atoms with E-state index in [1.54, 1.807) is 17.4 Å². The maximum Gasteiger partial charge on any atom is 0.116 e. The van der Waals surface area contributed by atoms with Crippen LogP contribution < -0.4 is 0 Å². The van der Waals surface area contributed by atoms with Crippen molar-refractivity contribution in [3.05, 3.63) is 78.2 Å². The van der Waals surface area contributed by atoms with Gasteiger partial charge in [0.1, 0.15) is 5.75 Å². The first kappa shape index (κ1) is 13.1. The lowest BCUT2D eigenvalue weighted by Crippen LogP contribution is -1.82. The van der Waals surface area contributed by atoms with Gasteiger partial charge < -0.3 is 5.11 Å². The topological polar surface area (TPSA) is 20.2 Å². The lowest BCUT2D eigenvalue weighted by Gasteiger charge is -2.09. The van der Waals surface area contributed by atoms with Crippen LogP contribution in [0.15, 0.2) is 78.2 Å². The molecule has 1 aromatic heterocycles. The number of benzene rings is 3. The Morgan fingerprint density at radius 1 is 0.727 bits per heavy atom. The van der Waals surface area contributed by atoms with Crippen molar-refractivity contribution in [2.45, 2.75) is 0 Å². The number of fused-ring (bicyclic) bond motifs is 1. The monoisotopic (exact) mass is 302 g/mol. The van der Waals surface area contributed by atoms with Crippen LogP contribution in [0.1, 0.15) is 0 Å². The second-order valence-corrected chi connectivity index (χ2v) is 6.22. The minimum absolute atomic E-state index is 0.302. The van der Waals surface area contributed by atoms with Crippen molar-refractivity contribution < 1.29 is 5.11 Å². The molecular formula is C20H14OS. The van der Waals surface area contributed by atoms with Gasteiger partial charge in [-0.05, 0) is 51.0 Å². The zero-order chi connectivity index (χ0) is 14.9. The second-order valence-electron chi connectivity index (χ2n) is 5.27. The zero-order valence-corrected chi connectivity index (χ0v) is 12.7. The van der Waals surface area contributed by atoms with Crippen LogP contribution in [0.4, 0.5) is 0 Å². The lowest BCUT2D eigenvalue weighted by molar-refractivity contribution is 0.476. The van der Waals surface area contributed by atoms with Crippen LogP contribution in [0, 0.1) is 0 Å². The molecule has 1 nitrogen and oxygen atoms in total. The molecule has 2 heteroatoms. The summed E-state index contributed by atoms with van der Waals surface area (Å²) in [5.41, 5.74) is 3.41. The van der Waals surface area contributed by atoms with E-state index in [1.165, 1.54) is 10.4 Å². The maximum atomic E-state index is 9.98. The van der Waals surface area contributed by atoms with Gasteiger partial charge in [0.15, 0.2) is 0 Å². The minimum atomic E-state index is 0.302. The van der Waals surface area contributed by atoms with Crippen molar-refractivity contribution in [2.75, 3.05) is 0 Å². The number of hydrogen-bond acceptors (Lipinski definition) is 2. The standard InChI is InChI=1S/C20H14OS/c21-17-12-16-4-1-2-5-18(16)19(13-17)14-7-9-15(10-8-14)20-6-3-11-22-20/h1-13,21H. The van der Waals surface area contributed by atoms with Gasteiger partial charge in [-0.15, -0.1) is 11.3 Å². The highest BCUT2D eigenvalue weighted by atomic mass is 32.1. The molecule has 0 atom stereocenters. The molecule has 1 N–H and O–H groups in total. The van der Waals surface area contributed by atoms with E-state index in [1.807, 2.05) is 24.3 Å². The zero-order valence-electron chi connectivity index (χ0n) is 11.9. The van der Waals surface area contributed by atoms with E-state index in [9.17, 15) is 5.11 Å². The Morgan fingerprint density at radius 2 is 1.50 bits per heavy atom. The molecule has 0 unspecified atom stereocenters.